The Morgan fingerprint density at radius 2 is 2.14 bits per heavy atom. The minimum Gasteiger partial charge on any atom is -0.388 e. The number of amides is 1. The van der Waals surface area contributed by atoms with Gasteiger partial charge in [0.15, 0.2) is 0 Å². The van der Waals surface area contributed by atoms with Crippen LogP contribution in [0.2, 0.25) is 0 Å². The smallest absolute Gasteiger partial charge is 0.237 e. The van der Waals surface area contributed by atoms with Gasteiger partial charge in [-0.25, -0.2) is 0 Å². The summed E-state index contributed by atoms with van der Waals surface area (Å²) in [5.41, 5.74) is 4.99. The molecule has 0 saturated heterocycles. The van der Waals surface area contributed by atoms with Gasteiger partial charge in [0.05, 0.1) is 11.6 Å². The first kappa shape index (κ1) is 11.5. The van der Waals surface area contributed by atoms with Gasteiger partial charge < -0.3 is 16.2 Å². The maximum Gasteiger partial charge on any atom is 0.237 e. The second-order valence-electron chi connectivity index (χ2n) is 4.57. The van der Waals surface area contributed by atoms with Crippen molar-refractivity contribution in [3.63, 3.8) is 0 Å². The Morgan fingerprint density at radius 3 is 2.50 bits per heavy atom. The van der Waals surface area contributed by atoms with Crippen molar-refractivity contribution in [2.24, 2.45) is 11.7 Å². The number of nitrogens with two attached hydrogens (primary N) is 1. The van der Waals surface area contributed by atoms with E-state index in [-0.39, 0.29) is 11.8 Å². The third kappa shape index (κ3) is 2.69. The first-order valence-electron chi connectivity index (χ1n) is 5.20. The summed E-state index contributed by atoms with van der Waals surface area (Å²) in [6, 6.07) is -0.473. The highest BCUT2D eigenvalue weighted by Gasteiger charge is 2.35. The molecule has 1 amide bonds. The third-order valence-corrected chi connectivity index (χ3v) is 2.90. The van der Waals surface area contributed by atoms with Crippen molar-refractivity contribution in [2.75, 3.05) is 6.54 Å². The van der Waals surface area contributed by atoms with Gasteiger partial charge in [-0.1, -0.05) is 13.8 Å². The normalized spacial score (nSPS) is 21.5. The lowest BCUT2D eigenvalue weighted by molar-refractivity contribution is -0.125. The molecule has 0 aliphatic heterocycles. The van der Waals surface area contributed by atoms with Crippen LogP contribution in [0.1, 0.15) is 33.1 Å². The molecule has 1 fully saturated rings. The zero-order chi connectivity index (χ0) is 10.8. The summed E-state index contributed by atoms with van der Waals surface area (Å²) in [6.07, 6.45) is 2.61. The lowest BCUT2D eigenvalue weighted by Gasteiger charge is -2.36. The molecule has 1 aliphatic rings. The molecule has 0 spiro atoms. The molecule has 82 valence electrons. The summed E-state index contributed by atoms with van der Waals surface area (Å²) in [5.74, 6) is -0.0358. The molecule has 1 unspecified atom stereocenters. The van der Waals surface area contributed by atoms with Gasteiger partial charge in [-0.05, 0) is 25.2 Å². The second-order valence-corrected chi connectivity index (χ2v) is 4.57. The van der Waals surface area contributed by atoms with E-state index in [0.717, 1.165) is 19.3 Å². The maximum absolute atomic E-state index is 11.4. The Bertz CT molecular complexity index is 212. The molecule has 1 atom stereocenters. The Labute approximate surface area is 84.9 Å². The molecule has 1 rings (SSSR count). The van der Waals surface area contributed by atoms with Crippen LogP contribution in [-0.4, -0.2) is 29.2 Å². The van der Waals surface area contributed by atoms with Gasteiger partial charge >= 0.3 is 0 Å². The van der Waals surface area contributed by atoms with Crippen molar-refractivity contribution >= 4 is 5.91 Å². The van der Waals surface area contributed by atoms with E-state index >= 15 is 0 Å². The van der Waals surface area contributed by atoms with Crippen molar-refractivity contribution in [1.29, 1.82) is 0 Å². The zero-order valence-electron chi connectivity index (χ0n) is 8.92. The van der Waals surface area contributed by atoms with Crippen LogP contribution >= 0.6 is 0 Å². The van der Waals surface area contributed by atoms with Gasteiger partial charge in [-0.15, -0.1) is 0 Å². The van der Waals surface area contributed by atoms with E-state index in [1.807, 2.05) is 13.8 Å². The molecular formula is C10H20N2O2. The molecule has 4 heteroatoms. The van der Waals surface area contributed by atoms with Crippen LogP contribution in [-0.2, 0) is 4.79 Å². The Hall–Kier alpha value is -0.610. The molecule has 4 N–H and O–H groups in total. The van der Waals surface area contributed by atoms with Crippen LogP contribution in [0.4, 0.5) is 0 Å². The van der Waals surface area contributed by atoms with Crippen LogP contribution in [0.25, 0.3) is 0 Å². The summed E-state index contributed by atoms with van der Waals surface area (Å²) >= 11 is 0. The fraction of sp³-hybridized carbons (Fsp3) is 0.900. The van der Waals surface area contributed by atoms with Crippen molar-refractivity contribution in [2.45, 2.75) is 44.8 Å². The van der Waals surface area contributed by atoms with Gasteiger partial charge in [0, 0.05) is 6.54 Å². The molecule has 0 aromatic carbocycles. The van der Waals surface area contributed by atoms with Crippen LogP contribution in [0.3, 0.4) is 0 Å². The predicted octanol–water partition coefficient (Wildman–Crippen LogP) is 0.000900. The number of hydrogen-bond acceptors (Lipinski definition) is 3. The summed E-state index contributed by atoms with van der Waals surface area (Å²) in [4.78, 5) is 11.4. The highest BCUT2D eigenvalue weighted by Crippen LogP contribution is 2.30. The molecule has 4 nitrogen and oxygen atoms in total. The quantitative estimate of drug-likeness (QED) is 0.598. The number of carbonyl (C=O) groups excluding carboxylic acids is 1. The molecule has 1 saturated carbocycles. The Balaban J connectivity index is 2.27. The minimum atomic E-state index is -0.660. The number of aliphatic hydroxyl groups is 1. The van der Waals surface area contributed by atoms with Crippen molar-refractivity contribution in [1.82, 2.24) is 5.32 Å². The number of nitrogens with one attached hydrogen (secondary N) is 1. The van der Waals surface area contributed by atoms with E-state index in [1.165, 1.54) is 0 Å². The van der Waals surface area contributed by atoms with Crippen molar-refractivity contribution in [3.05, 3.63) is 0 Å². The van der Waals surface area contributed by atoms with E-state index in [2.05, 4.69) is 5.32 Å². The molecule has 0 heterocycles. The van der Waals surface area contributed by atoms with E-state index < -0.39 is 11.6 Å². The van der Waals surface area contributed by atoms with Gasteiger partial charge in [-0.3, -0.25) is 4.79 Å². The van der Waals surface area contributed by atoms with E-state index in [4.69, 9.17) is 5.73 Å². The molecule has 0 aromatic rings. The Morgan fingerprint density at radius 1 is 1.57 bits per heavy atom. The molecule has 14 heavy (non-hydrogen) atoms. The van der Waals surface area contributed by atoms with Crippen LogP contribution < -0.4 is 11.1 Å². The third-order valence-electron chi connectivity index (χ3n) is 2.90. The monoisotopic (exact) mass is 200 g/mol. The Kier molecular flexibility index (Phi) is 3.50. The fourth-order valence-corrected chi connectivity index (χ4v) is 1.43. The van der Waals surface area contributed by atoms with E-state index in [1.54, 1.807) is 0 Å². The topological polar surface area (TPSA) is 75.4 Å². The second kappa shape index (κ2) is 4.28. The first-order valence-corrected chi connectivity index (χ1v) is 5.20. The molecular weight excluding hydrogens is 180 g/mol. The largest absolute Gasteiger partial charge is 0.388 e. The lowest BCUT2D eigenvalue weighted by Crippen LogP contribution is -2.52. The molecule has 0 bridgehead atoms. The highest BCUT2D eigenvalue weighted by molar-refractivity contribution is 5.81. The average Bonchev–Trinajstić information content (AvgIpc) is 2.09. The predicted molar refractivity (Wildman–Crippen MR) is 54.6 cm³/mol. The minimum absolute atomic E-state index is 0.131. The number of rotatable bonds is 4. The SMILES string of the molecule is CC(C)C(N)C(=O)NCC1(O)CCC1. The van der Waals surface area contributed by atoms with Gasteiger partial charge in [0.2, 0.25) is 5.91 Å². The average molecular weight is 200 g/mol. The lowest BCUT2D eigenvalue weighted by atomic mass is 9.80. The summed E-state index contributed by atoms with van der Waals surface area (Å²) < 4.78 is 0. The highest BCUT2D eigenvalue weighted by atomic mass is 16.3. The molecule has 1 aliphatic carbocycles. The van der Waals surface area contributed by atoms with Gasteiger partial charge in [0.25, 0.3) is 0 Å². The van der Waals surface area contributed by atoms with Crippen LogP contribution in [0.5, 0.6) is 0 Å². The molecule has 0 radical (unpaired) electrons. The van der Waals surface area contributed by atoms with E-state index in [9.17, 15) is 9.90 Å². The van der Waals surface area contributed by atoms with Crippen LogP contribution in [0.15, 0.2) is 0 Å². The molecule has 0 aromatic heterocycles. The summed E-state index contributed by atoms with van der Waals surface area (Å²) in [5, 5.41) is 12.4. The standard InChI is InChI=1S/C10H20N2O2/c1-7(2)8(11)9(13)12-6-10(14)4-3-5-10/h7-8,14H,3-6,11H2,1-2H3,(H,12,13). The van der Waals surface area contributed by atoms with Gasteiger partial charge in [0.1, 0.15) is 0 Å². The maximum atomic E-state index is 11.4. The van der Waals surface area contributed by atoms with Crippen LogP contribution in [0, 0.1) is 5.92 Å². The van der Waals surface area contributed by atoms with E-state index in [0.29, 0.717) is 6.54 Å². The fourth-order valence-electron chi connectivity index (χ4n) is 1.43. The number of carbonyl (C=O) groups is 1. The van der Waals surface area contributed by atoms with Crippen molar-refractivity contribution in [3.8, 4) is 0 Å². The summed E-state index contributed by atoms with van der Waals surface area (Å²) in [6.45, 7) is 4.15. The van der Waals surface area contributed by atoms with Crippen molar-refractivity contribution < 1.29 is 9.90 Å². The zero-order valence-corrected chi connectivity index (χ0v) is 8.92. The van der Waals surface area contributed by atoms with Gasteiger partial charge in [-0.2, -0.15) is 0 Å². The number of hydrogen-bond donors (Lipinski definition) is 3. The summed E-state index contributed by atoms with van der Waals surface area (Å²) in [7, 11) is 0. The first-order chi connectivity index (χ1) is 6.44.